The second kappa shape index (κ2) is 7.71. The lowest BCUT2D eigenvalue weighted by molar-refractivity contribution is 0.564. The fourth-order valence-electron chi connectivity index (χ4n) is 2.28. The van der Waals surface area contributed by atoms with Gasteiger partial charge in [-0.15, -0.1) is 0 Å². The molecule has 0 heterocycles. The van der Waals surface area contributed by atoms with Gasteiger partial charge in [0.1, 0.15) is 0 Å². The van der Waals surface area contributed by atoms with E-state index in [0.29, 0.717) is 11.8 Å². The van der Waals surface area contributed by atoms with Crippen LogP contribution in [0.25, 0.3) is 0 Å². The summed E-state index contributed by atoms with van der Waals surface area (Å²) in [5, 5.41) is 0. The minimum absolute atomic E-state index is 0.502. The van der Waals surface area contributed by atoms with Crippen molar-refractivity contribution in [3.05, 3.63) is 71.8 Å². The molecule has 18 heavy (non-hydrogen) atoms. The molecule has 0 aliphatic heterocycles. The minimum Gasteiger partial charge on any atom is -0.0683 e. The maximum absolute atomic E-state index is 2.28. The molecule has 0 saturated heterocycles. The van der Waals surface area contributed by atoms with Crippen molar-refractivity contribution in [3.63, 3.8) is 0 Å². The average Bonchev–Trinajstić information content (AvgIpc) is 2.43. The molecule has 0 aliphatic carbocycles. The molecular formula is C18H24. The van der Waals surface area contributed by atoms with Crippen molar-refractivity contribution in [2.75, 3.05) is 0 Å². The SMILES string of the molecule is CC.CC(C)C(c1ccccc1)c1ccccc1. The van der Waals surface area contributed by atoms with Gasteiger partial charge >= 0.3 is 0 Å². The Morgan fingerprint density at radius 3 is 1.22 bits per heavy atom. The van der Waals surface area contributed by atoms with Crippen molar-refractivity contribution in [2.45, 2.75) is 33.6 Å². The summed E-state index contributed by atoms with van der Waals surface area (Å²) in [6, 6.07) is 21.5. The van der Waals surface area contributed by atoms with Crippen LogP contribution in [0.3, 0.4) is 0 Å². The van der Waals surface area contributed by atoms with E-state index in [4.69, 9.17) is 0 Å². The van der Waals surface area contributed by atoms with Gasteiger partial charge in [0.25, 0.3) is 0 Å². The second-order valence-electron chi connectivity index (χ2n) is 4.54. The monoisotopic (exact) mass is 240 g/mol. The van der Waals surface area contributed by atoms with Crippen molar-refractivity contribution < 1.29 is 0 Å². The molecule has 0 amide bonds. The Balaban J connectivity index is 0.000000771. The van der Waals surface area contributed by atoms with Gasteiger partial charge < -0.3 is 0 Å². The number of rotatable bonds is 3. The van der Waals surface area contributed by atoms with Crippen molar-refractivity contribution in [1.29, 1.82) is 0 Å². The summed E-state index contributed by atoms with van der Waals surface area (Å²) in [6.45, 7) is 8.56. The average molecular weight is 240 g/mol. The van der Waals surface area contributed by atoms with Crippen LogP contribution < -0.4 is 0 Å². The van der Waals surface area contributed by atoms with E-state index in [0.717, 1.165) is 0 Å². The van der Waals surface area contributed by atoms with Gasteiger partial charge in [0.05, 0.1) is 0 Å². The molecule has 0 nitrogen and oxygen atoms in total. The highest BCUT2D eigenvalue weighted by molar-refractivity contribution is 5.32. The van der Waals surface area contributed by atoms with Crippen molar-refractivity contribution in [1.82, 2.24) is 0 Å². The molecule has 0 radical (unpaired) electrons. The molecule has 96 valence electrons. The number of hydrogen-bond donors (Lipinski definition) is 0. The maximum Gasteiger partial charge on any atom is 0.0112 e. The molecule has 2 aromatic carbocycles. The standard InChI is InChI=1S/C16H18.C2H6/c1-13(2)16(14-9-5-3-6-10-14)15-11-7-4-8-12-15;1-2/h3-13,16H,1-2H3;1-2H3. The van der Waals surface area contributed by atoms with Gasteiger partial charge in [-0.2, -0.15) is 0 Å². The highest BCUT2D eigenvalue weighted by Crippen LogP contribution is 2.31. The molecule has 0 N–H and O–H groups in total. The third-order valence-electron chi connectivity index (χ3n) is 2.98. The predicted molar refractivity (Wildman–Crippen MR) is 80.9 cm³/mol. The molecule has 2 rings (SSSR count). The van der Waals surface area contributed by atoms with Crippen LogP contribution >= 0.6 is 0 Å². The first kappa shape index (κ1) is 14.5. The third kappa shape index (κ3) is 3.73. The first-order valence-electron chi connectivity index (χ1n) is 6.89. The Labute approximate surface area is 112 Å². The lowest BCUT2D eigenvalue weighted by Crippen LogP contribution is -2.08. The molecule has 0 bridgehead atoms. The Hall–Kier alpha value is -1.56. The van der Waals surface area contributed by atoms with E-state index in [1.54, 1.807) is 0 Å². The zero-order valence-electron chi connectivity index (χ0n) is 11.9. The Morgan fingerprint density at radius 1 is 0.611 bits per heavy atom. The summed E-state index contributed by atoms with van der Waals surface area (Å²) in [4.78, 5) is 0. The molecule has 0 atom stereocenters. The van der Waals surface area contributed by atoms with E-state index in [9.17, 15) is 0 Å². The highest BCUT2D eigenvalue weighted by Gasteiger charge is 2.16. The van der Waals surface area contributed by atoms with E-state index in [1.807, 2.05) is 13.8 Å². The van der Waals surface area contributed by atoms with Crippen LogP contribution in [0.2, 0.25) is 0 Å². The molecule has 0 unspecified atom stereocenters. The largest absolute Gasteiger partial charge is 0.0683 e. The number of hydrogen-bond acceptors (Lipinski definition) is 0. The molecule has 0 aliphatic rings. The first-order chi connectivity index (χ1) is 8.79. The lowest BCUT2D eigenvalue weighted by atomic mass is 9.83. The minimum atomic E-state index is 0.502. The quantitative estimate of drug-likeness (QED) is 0.664. The fourth-order valence-corrected chi connectivity index (χ4v) is 2.28. The van der Waals surface area contributed by atoms with Crippen LogP contribution in [0, 0.1) is 5.92 Å². The summed E-state index contributed by atoms with van der Waals surface area (Å²) >= 11 is 0. The summed E-state index contributed by atoms with van der Waals surface area (Å²) in [7, 11) is 0. The fraction of sp³-hybridized carbons (Fsp3) is 0.333. The smallest absolute Gasteiger partial charge is 0.0112 e. The van der Waals surface area contributed by atoms with E-state index < -0.39 is 0 Å². The van der Waals surface area contributed by atoms with Gasteiger partial charge in [0.2, 0.25) is 0 Å². The molecule has 0 fully saturated rings. The van der Waals surface area contributed by atoms with Gasteiger partial charge in [0, 0.05) is 5.92 Å². The Kier molecular flexibility index (Phi) is 6.21. The van der Waals surface area contributed by atoms with E-state index in [-0.39, 0.29) is 0 Å². The number of benzene rings is 2. The van der Waals surface area contributed by atoms with E-state index >= 15 is 0 Å². The molecule has 0 spiro atoms. The van der Waals surface area contributed by atoms with E-state index in [2.05, 4.69) is 74.5 Å². The summed E-state index contributed by atoms with van der Waals surface area (Å²) in [5.74, 6) is 1.12. The van der Waals surface area contributed by atoms with Crippen LogP contribution in [-0.4, -0.2) is 0 Å². The van der Waals surface area contributed by atoms with Gasteiger partial charge in [-0.3, -0.25) is 0 Å². The second-order valence-corrected chi connectivity index (χ2v) is 4.54. The van der Waals surface area contributed by atoms with Crippen LogP contribution in [0.15, 0.2) is 60.7 Å². The van der Waals surface area contributed by atoms with Gasteiger partial charge in [-0.05, 0) is 17.0 Å². The van der Waals surface area contributed by atoms with Crippen LogP contribution in [0.5, 0.6) is 0 Å². The van der Waals surface area contributed by atoms with E-state index in [1.165, 1.54) is 11.1 Å². The Bertz CT molecular complexity index is 375. The van der Waals surface area contributed by atoms with Crippen LogP contribution in [0.4, 0.5) is 0 Å². The zero-order chi connectivity index (χ0) is 13.4. The molecule has 2 aromatic rings. The normalized spacial score (nSPS) is 10.1. The lowest BCUT2D eigenvalue weighted by Gasteiger charge is -2.21. The summed E-state index contributed by atoms with van der Waals surface area (Å²) in [6.07, 6.45) is 0. The first-order valence-corrected chi connectivity index (χ1v) is 6.89. The summed E-state index contributed by atoms with van der Waals surface area (Å²) < 4.78 is 0. The molecule has 0 saturated carbocycles. The van der Waals surface area contributed by atoms with Gasteiger partial charge in [-0.1, -0.05) is 88.4 Å². The molecule has 0 aromatic heterocycles. The van der Waals surface area contributed by atoms with Gasteiger partial charge in [-0.25, -0.2) is 0 Å². The van der Waals surface area contributed by atoms with Crippen molar-refractivity contribution in [2.24, 2.45) is 5.92 Å². The van der Waals surface area contributed by atoms with Gasteiger partial charge in [0.15, 0.2) is 0 Å². The van der Waals surface area contributed by atoms with Crippen LogP contribution in [0.1, 0.15) is 44.7 Å². The maximum atomic E-state index is 2.28. The summed E-state index contributed by atoms with van der Waals surface area (Å²) in [5.41, 5.74) is 2.81. The highest BCUT2D eigenvalue weighted by atomic mass is 14.2. The van der Waals surface area contributed by atoms with Crippen molar-refractivity contribution >= 4 is 0 Å². The molecular weight excluding hydrogens is 216 g/mol. The van der Waals surface area contributed by atoms with Crippen molar-refractivity contribution in [3.8, 4) is 0 Å². The third-order valence-corrected chi connectivity index (χ3v) is 2.98. The zero-order valence-corrected chi connectivity index (χ0v) is 11.9. The predicted octanol–water partition coefficient (Wildman–Crippen LogP) is 5.50. The van der Waals surface area contributed by atoms with Crippen LogP contribution in [-0.2, 0) is 0 Å². The topological polar surface area (TPSA) is 0 Å². The Morgan fingerprint density at radius 2 is 0.944 bits per heavy atom. The molecule has 0 heteroatoms.